The quantitative estimate of drug-likeness (QED) is 0.790. The molecule has 0 atom stereocenters. The summed E-state index contributed by atoms with van der Waals surface area (Å²) in [6, 6.07) is 0. The second kappa shape index (κ2) is 4.30. The van der Waals surface area contributed by atoms with Gasteiger partial charge in [0.05, 0.1) is 5.69 Å². The molecule has 0 fully saturated rings. The topological polar surface area (TPSA) is 87.4 Å². The lowest BCUT2D eigenvalue weighted by molar-refractivity contribution is 0.545. The molecule has 0 aliphatic rings. The Kier molecular flexibility index (Phi) is 2.84. The molecule has 0 aliphatic heterocycles. The average Bonchev–Trinajstić information content (AvgIpc) is 2.86. The minimum absolute atomic E-state index is 0.491. The summed E-state index contributed by atoms with van der Waals surface area (Å²) in [5.41, 5.74) is 6.65. The molecule has 2 rings (SSSR count). The molecule has 0 amide bonds. The number of nitrogens with two attached hydrogens (primary N) is 1. The third-order valence-electron chi connectivity index (χ3n) is 2.49. The van der Waals surface area contributed by atoms with E-state index in [4.69, 9.17) is 5.73 Å². The Bertz CT molecular complexity index is 470. The van der Waals surface area contributed by atoms with Crippen LogP contribution in [0.25, 0.3) is 0 Å². The smallest absolute Gasteiger partial charge is 0.169 e. The Morgan fingerprint density at radius 2 is 2.12 bits per heavy atom. The van der Waals surface area contributed by atoms with Gasteiger partial charge < -0.3 is 5.73 Å². The molecule has 16 heavy (non-hydrogen) atoms. The Labute approximate surface area is 93.3 Å². The summed E-state index contributed by atoms with van der Waals surface area (Å²) in [4.78, 5) is 4.19. The average molecular weight is 221 g/mol. The standard InChI is InChI=1S/C9H15N7/c1-3-7-9(10)13-14-16(7)5-8-11-6-12-15(8)4-2/h6H,3-5,10H2,1-2H3. The summed E-state index contributed by atoms with van der Waals surface area (Å²) in [6.45, 7) is 5.40. The van der Waals surface area contributed by atoms with Gasteiger partial charge in [0.1, 0.15) is 18.7 Å². The van der Waals surface area contributed by atoms with Gasteiger partial charge in [-0.2, -0.15) is 5.10 Å². The highest BCUT2D eigenvalue weighted by Gasteiger charge is 2.11. The molecule has 0 aromatic carbocycles. The maximum atomic E-state index is 5.71. The SMILES string of the molecule is CCc1c(N)nnn1Cc1ncnn1CC. The van der Waals surface area contributed by atoms with Gasteiger partial charge in [0.15, 0.2) is 5.82 Å². The number of rotatable bonds is 4. The van der Waals surface area contributed by atoms with Crippen molar-refractivity contribution >= 4 is 5.82 Å². The van der Waals surface area contributed by atoms with Crippen molar-refractivity contribution in [1.29, 1.82) is 0 Å². The molecule has 7 nitrogen and oxygen atoms in total. The number of nitrogen functional groups attached to an aromatic ring is 1. The zero-order valence-electron chi connectivity index (χ0n) is 9.46. The fraction of sp³-hybridized carbons (Fsp3) is 0.556. The van der Waals surface area contributed by atoms with Crippen molar-refractivity contribution in [1.82, 2.24) is 29.8 Å². The highest BCUT2D eigenvalue weighted by molar-refractivity contribution is 5.32. The predicted octanol–water partition coefficient (Wildman–Crippen LogP) is 0.0824. The van der Waals surface area contributed by atoms with Gasteiger partial charge in [-0.05, 0) is 13.3 Å². The second-order valence-corrected chi connectivity index (χ2v) is 3.42. The van der Waals surface area contributed by atoms with Gasteiger partial charge in [0, 0.05) is 6.54 Å². The summed E-state index contributed by atoms with van der Waals surface area (Å²) in [5.74, 6) is 1.35. The molecule has 86 valence electrons. The molecule has 0 saturated heterocycles. The van der Waals surface area contributed by atoms with Gasteiger partial charge in [0.25, 0.3) is 0 Å². The Morgan fingerprint density at radius 3 is 2.81 bits per heavy atom. The molecule has 7 heteroatoms. The first kappa shape index (κ1) is 10.6. The third-order valence-corrected chi connectivity index (χ3v) is 2.49. The van der Waals surface area contributed by atoms with Crippen LogP contribution in [-0.2, 0) is 19.5 Å². The molecule has 2 N–H and O–H groups in total. The maximum absolute atomic E-state index is 5.71. The van der Waals surface area contributed by atoms with Crippen LogP contribution in [0.15, 0.2) is 6.33 Å². The van der Waals surface area contributed by atoms with Crippen LogP contribution in [0.5, 0.6) is 0 Å². The number of hydrogen-bond donors (Lipinski definition) is 1. The van der Waals surface area contributed by atoms with Crippen LogP contribution in [0.2, 0.25) is 0 Å². The van der Waals surface area contributed by atoms with Crippen molar-refractivity contribution in [2.75, 3.05) is 5.73 Å². The summed E-state index contributed by atoms with van der Waals surface area (Å²) >= 11 is 0. The molecule has 0 saturated carbocycles. The number of aryl methyl sites for hydroxylation is 1. The van der Waals surface area contributed by atoms with Gasteiger partial charge in [-0.3, -0.25) is 0 Å². The van der Waals surface area contributed by atoms with Crippen molar-refractivity contribution in [3.63, 3.8) is 0 Å². The second-order valence-electron chi connectivity index (χ2n) is 3.42. The normalized spacial score (nSPS) is 10.9. The van der Waals surface area contributed by atoms with Crippen LogP contribution in [0, 0.1) is 0 Å². The first-order chi connectivity index (χ1) is 7.76. The van der Waals surface area contributed by atoms with E-state index in [-0.39, 0.29) is 0 Å². The zero-order valence-corrected chi connectivity index (χ0v) is 9.46. The summed E-state index contributed by atoms with van der Waals surface area (Å²) in [6.07, 6.45) is 2.35. The predicted molar refractivity (Wildman–Crippen MR) is 58.6 cm³/mol. The number of hydrogen-bond acceptors (Lipinski definition) is 5. The van der Waals surface area contributed by atoms with Crippen LogP contribution < -0.4 is 5.73 Å². The van der Waals surface area contributed by atoms with E-state index in [9.17, 15) is 0 Å². The Balaban J connectivity index is 2.26. The minimum Gasteiger partial charge on any atom is -0.381 e. The Morgan fingerprint density at radius 1 is 1.31 bits per heavy atom. The fourth-order valence-electron chi connectivity index (χ4n) is 1.65. The summed E-state index contributed by atoms with van der Waals surface area (Å²) in [7, 11) is 0. The van der Waals surface area contributed by atoms with Crippen molar-refractivity contribution < 1.29 is 0 Å². The zero-order chi connectivity index (χ0) is 11.5. The molecule has 2 aromatic heterocycles. The highest BCUT2D eigenvalue weighted by Crippen LogP contribution is 2.09. The van der Waals surface area contributed by atoms with E-state index in [1.54, 1.807) is 11.0 Å². The molecule has 0 unspecified atom stereocenters. The number of anilines is 1. The molecule has 2 aromatic rings. The van der Waals surface area contributed by atoms with E-state index in [0.717, 1.165) is 24.5 Å². The third kappa shape index (κ3) is 1.75. The largest absolute Gasteiger partial charge is 0.381 e. The van der Waals surface area contributed by atoms with Crippen LogP contribution in [-0.4, -0.2) is 29.8 Å². The lowest BCUT2D eigenvalue weighted by atomic mass is 10.3. The van der Waals surface area contributed by atoms with E-state index in [1.807, 2.05) is 18.5 Å². The van der Waals surface area contributed by atoms with E-state index in [0.29, 0.717) is 12.4 Å². The summed E-state index contributed by atoms with van der Waals surface area (Å²) < 4.78 is 3.60. The first-order valence-corrected chi connectivity index (χ1v) is 5.30. The van der Waals surface area contributed by atoms with Crippen LogP contribution >= 0.6 is 0 Å². The van der Waals surface area contributed by atoms with Gasteiger partial charge in [-0.25, -0.2) is 14.3 Å². The van der Waals surface area contributed by atoms with Crippen LogP contribution in [0.4, 0.5) is 5.82 Å². The van der Waals surface area contributed by atoms with Crippen molar-refractivity contribution in [2.24, 2.45) is 0 Å². The van der Waals surface area contributed by atoms with Gasteiger partial charge in [0.2, 0.25) is 0 Å². The fourth-order valence-corrected chi connectivity index (χ4v) is 1.65. The van der Waals surface area contributed by atoms with Crippen LogP contribution in [0.3, 0.4) is 0 Å². The first-order valence-electron chi connectivity index (χ1n) is 5.30. The molecule has 0 bridgehead atoms. The molecule has 2 heterocycles. The van der Waals surface area contributed by atoms with E-state index in [1.165, 1.54) is 0 Å². The molecular weight excluding hydrogens is 206 g/mol. The number of aromatic nitrogens is 6. The molecule has 0 radical (unpaired) electrons. The van der Waals surface area contributed by atoms with Crippen molar-refractivity contribution in [3.8, 4) is 0 Å². The molecule has 0 spiro atoms. The summed E-state index contributed by atoms with van der Waals surface area (Å²) in [5, 5.41) is 12.0. The van der Waals surface area contributed by atoms with Crippen LogP contribution in [0.1, 0.15) is 25.4 Å². The monoisotopic (exact) mass is 221 g/mol. The van der Waals surface area contributed by atoms with Crippen molar-refractivity contribution in [3.05, 3.63) is 17.8 Å². The van der Waals surface area contributed by atoms with E-state index < -0.39 is 0 Å². The van der Waals surface area contributed by atoms with Gasteiger partial charge >= 0.3 is 0 Å². The van der Waals surface area contributed by atoms with Gasteiger partial charge in [-0.1, -0.05) is 12.1 Å². The number of nitrogens with zero attached hydrogens (tertiary/aromatic N) is 6. The molecular formula is C9H15N7. The molecule has 0 aliphatic carbocycles. The van der Waals surface area contributed by atoms with Gasteiger partial charge in [-0.15, -0.1) is 5.10 Å². The lowest BCUT2D eigenvalue weighted by Crippen LogP contribution is -2.12. The van der Waals surface area contributed by atoms with Crippen molar-refractivity contribution in [2.45, 2.75) is 33.4 Å². The maximum Gasteiger partial charge on any atom is 0.169 e. The highest BCUT2D eigenvalue weighted by atomic mass is 15.5. The van der Waals surface area contributed by atoms with E-state index >= 15 is 0 Å². The minimum atomic E-state index is 0.491. The Hall–Kier alpha value is -1.92. The van der Waals surface area contributed by atoms with E-state index in [2.05, 4.69) is 20.4 Å². The lowest BCUT2D eigenvalue weighted by Gasteiger charge is -2.05.